The second-order valence-corrected chi connectivity index (χ2v) is 7.32. The molecule has 1 aromatic carbocycles. The van der Waals surface area contributed by atoms with Crippen LogP contribution in [0.15, 0.2) is 48.8 Å². The summed E-state index contributed by atoms with van der Waals surface area (Å²) < 4.78 is 0. The van der Waals surface area contributed by atoms with Crippen molar-refractivity contribution >= 4 is 6.03 Å². The highest BCUT2D eigenvalue weighted by atomic mass is 16.2. The van der Waals surface area contributed by atoms with Gasteiger partial charge in [-0.3, -0.25) is 4.98 Å². The van der Waals surface area contributed by atoms with Crippen LogP contribution in [0.3, 0.4) is 0 Å². The summed E-state index contributed by atoms with van der Waals surface area (Å²) in [6, 6.07) is 13.0. The summed E-state index contributed by atoms with van der Waals surface area (Å²) in [6.07, 6.45) is 8.91. The van der Waals surface area contributed by atoms with Gasteiger partial charge in [-0.15, -0.1) is 0 Å². The Bertz CT molecular complexity index is 698. The summed E-state index contributed by atoms with van der Waals surface area (Å²) in [6.45, 7) is 1.72. The fourth-order valence-electron chi connectivity index (χ4n) is 4.12. The molecule has 2 aliphatic rings. The number of pyridine rings is 1. The Balaban J connectivity index is 1.25. The molecule has 0 bridgehead atoms. The van der Waals surface area contributed by atoms with E-state index in [2.05, 4.69) is 40.6 Å². The van der Waals surface area contributed by atoms with Crippen molar-refractivity contribution in [2.75, 3.05) is 13.1 Å². The van der Waals surface area contributed by atoms with E-state index in [9.17, 15) is 4.79 Å². The quantitative estimate of drug-likeness (QED) is 0.936. The Kier molecular flexibility index (Phi) is 4.68. The average molecular weight is 335 g/mol. The first kappa shape index (κ1) is 16.1. The molecule has 2 heterocycles. The third-order valence-corrected chi connectivity index (χ3v) is 5.53. The number of piperidine rings is 1. The molecule has 4 nitrogen and oxygen atoms in total. The third kappa shape index (κ3) is 3.84. The minimum atomic E-state index is 0.109. The van der Waals surface area contributed by atoms with E-state index in [1.165, 1.54) is 16.7 Å². The first-order valence-corrected chi connectivity index (χ1v) is 9.29. The van der Waals surface area contributed by atoms with Crippen molar-refractivity contribution in [3.05, 3.63) is 65.5 Å². The van der Waals surface area contributed by atoms with Crippen LogP contribution in [0, 0.1) is 5.92 Å². The molecule has 1 saturated heterocycles. The van der Waals surface area contributed by atoms with Gasteiger partial charge in [-0.1, -0.05) is 30.3 Å². The van der Waals surface area contributed by atoms with Gasteiger partial charge in [0.15, 0.2) is 0 Å². The van der Waals surface area contributed by atoms with Crippen LogP contribution >= 0.6 is 0 Å². The number of fused-ring (bicyclic) bond motifs is 1. The van der Waals surface area contributed by atoms with Crippen LogP contribution in [0.25, 0.3) is 0 Å². The third-order valence-electron chi connectivity index (χ3n) is 5.53. The van der Waals surface area contributed by atoms with Crippen molar-refractivity contribution in [2.24, 2.45) is 5.92 Å². The summed E-state index contributed by atoms with van der Waals surface area (Å²) in [4.78, 5) is 18.8. The number of amides is 2. The predicted octanol–water partition coefficient (Wildman–Crippen LogP) is 3.21. The van der Waals surface area contributed by atoms with Gasteiger partial charge >= 0.3 is 6.03 Å². The lowest BCUT2D eigenvalue weighted by molar-refractivity contribution is 0.167. The van der Waals surface area contributed by atoms with Crippen molar-refractivity contribution in [2.45, 2.75) is 38.1 Å². The second-order valence-electron chi connectivity index (χ2n) is 7.32. The zero-order valence-corrected chi connectivity index (χ0v) is 14.5. The summed E-state index contributed by atoms with van der Waals surface area (Å²) in [7, 11) is 0. The molecule has 0 atom stereocenters. The molecule has 1 fully saturated rings. The van der Waals surface area contributed by atoms with Crippen molar-refractivity contribution in [3.63, 3.8) is 0 Å². The van der Waals surface area contributed by atoms with E-state index in [4.69, 9.17) is 0 Å². The van der Waals surface area contributed by atoms with Gasteiger partial charge in [-0.2, -0.15) is 0 Å². The van der Waals surface area contributed by atoms with E-state index in [-0.39, 0.29) is 12.1 Å². The van der Waals surface area contributed by atoms with Crippen molar-refractivity contribution in [3.8, 4) is 0 Å². The van der Waals surface area contributed by atoms with Crippen LogP contribution in [-0.2, 0) is 19.3 Å². The summed E-state index contributed by atoms with van der Waals surface area (Å²) >= 11 is 0. The van der Waals surface area contributed by atoms with Gasteiger partial charge in [0.05, 0.1) is 0 Å². The highest BCUT2D eigenvalue weighted by Gasteiger charge is 2.27. The van der Waals surface area contributed by atoms with Gasteiger partial charge in [0.1, 0.15) is 0 Å². The van der Waals surface area contributed by atoms with Crippen LogP contribution in [0.2, 0.25) is 0 Å². The Hall–Kier alpha value is -2.36. The molecule has 1 N–H and O–H groups in total. The normalized spacial score (nSPS) is 18.2. The summed E-state index contributed by atoms with van der Waals surface area (Å²) in [5.41, 5.74) is 4.06. The molecule has 0 unspecified atom stereocenters. The number of hydrogen-bond donors (Lipinski definition) is 1. The highest BCUT2D eigenvalue weighted by Crippen LogP contribution is 2.24. The predicted molar refractivity (Wildman–Crippen MR) is 98.4 cm³/mol. The van der Waals surface area contributed by atoms with Gasteiger partial charge in [0, 0.05) is 31.5 Å². The lowest BCUT2D eigenvalue weighted by atomic mass is 9.91. The molecule has 4 rings (SSSR count). The number of rotatable bonds is 3. The van der Waals surface area contributed by atoms with Crippen molar-refractivity contribution in [1.29, 1.82) is 0 Å². The van der Waals surface area contributed by atoms with E-state index >= 15 is 0 Å². The summed E-state index contributed by atoms with van der Waals surface area (Å²) in [5, 5.41) is 3.24. The number of carbonyl (C=O) groups is 1. The van der Waals surface area contributed by atoms with Crippen LogP contribution in [-0.4, -0.2) is 35.0 Å². The Morgan fingerprint density at radius 3 is 2.44 bits per heavy atom. The number of likely N-dealkylation sites (tertiary alicyclic amines) is 1. The van der Waals surface area contributed by atoms with E-state index in [0.717, 1.165) is 45.2 Å². The lowest BCUT2D eigenvalue weighted by Gasteiger charge is -2.33. The fraction of sp³-hybridized carbons (Fsp3) is 0.429. The van der Waals surface area contributed by atoms with Crippen LogP contribution in [0.1, 0.15) is 29.5 Å². The lowest BCUT2D eigenvalue weighted by Crippen LogP contribution is -2.48. The molecule has 25 heavy (non-hydrogen) atoms. The van der Waals surface area contributed by atoms with Gasteiger partial charge in [-0.05, 0) is 60.8 Å². The van der Waals surface area contributed by atoms with Gasteiger partial charge < -0.3 is 10.2 Å². The van der Waals surface area contributed by atoms with Gasteiger partial charge in [-0.25, -0.2) is 4.79 Å². The standard InChI is InChI=1S/C21H25N3O/c25-21(23-20-13-18-5-1-2-6-19(18)14-20)24-10-7-16(8-11-24)12-17-4-3-9-22-15-17/h1-6,9,15-16,20H,7-8,10-14H2,(H,23,25). The topological polar surface area (TPSA) is 45.2 Å². The maximum atomic E-state index is 12.6. The molecule has 1 aliphatic carbocycles. The van der Waals surface area contributed by atoms with E-state index < -0.39 is 0 Å². The fourth-order valence-corrected chi connectivity index (χ4v) is 4.12. The molecule has 1 aromatic heterocycles. The number of urea groups is 1. The Morgan fingerprint density at radius 1 is 1.08 bits per heavy atom. The Labute approximate surface area is 149 Å². The van der Waals surface area contributed by atoms with Gasteiger partial charge in [0.2, 0.25) is 0 Å². The molecule has 1 aliphatic heterocycles. The SMILES string of the molecule is O=C(NC1Cc2ccccc2C1)N1CCC(Cc2cccnc2)CC1. The molecule has 4 heteroatoms. The second kappa shape index (κ2) is 7.26. The van der Waals surface area contributed by atoms with Crippen molar-refractivity contribution in [1.82, 2.24) is 15.2 Å². The highest BCUT2D eigenvalue weighted by molar-refractivity contribution is 5.74. The summed E-state index contributed by atoms with van der Waals surface area (Å²) in [5.74, 6) is 0.656. The largest absolute Gasteiger partial charge is 0.335 e. The average Bonchev–Trinajstić information content (AvgIpc) is 3.05. The molecule has 0 radical (unpaired) electrons. The maximum absolute atomic E-state index is 12.6. The molecule has 2 aromatic rings. The minimum Gasteiger partial charge on any atom is -0.335 e. The first-order valence-electron chi connectivity index (χ1n) is 9.29. The van der Waals surface area contributed by atoms with E-state index in [0.29, 0.717) is 5.92 Å². The number of nitrogens with one attached hydrogen (secondary N) is 1. The number of aromatic nitrogens is 1. The number of benzene rings is 1. The van der Waals surface area contributed by atoms with Gasteiger partial charge in [0.25, 0.3) is 0 Å². The smallest absolute Gasteiger partial charge is 0.317 e. The van der Waals surface area contributed by atoms with Crippen LogP contribution in [0.5, 0.6) is 0 Å². The van der Waals surface area contributed by atoms with Crippen LogP contribution in [0.4, 0.5) is 4.79 Å². The number of carbonyl (C=O) groups excluding carboxylic acids is 1. The van der Waals surface area contributed by atoms with Crippen molar-refractivity contribution < 1.29 is 4.79 Å². The molecular formula is C21H25N3O. The van der Waals surface area contributed by atoms with E-state index in [1.807, 2.05) is 23.4 Å². The van der Waals surface area contributed by atoms with Crippen LogP contribution < -0.4 is 5.32 Å². The van der Waals surface area contributed by atoms with E-state index in [1.54, 1.807) is 0 Å². The minimum absolute atomic E-state index is 0.109. The number of hydrogen-bond acceptors (Lipinski definition) is 2. The zero-order chi connectivity index (χ0) is 17.1. The Morgan fingerprint density at radius 2 is 1.80 bits per heavy atom. The maximum Gasteiger partial charge on any atom is 0.317 e. The molecule has 0 spiro atoms. The number of nitrogens with zero attached hydrogens (tertiary/aromatic N) is 2. The zero-order valence-electron chi connectivity index (χ0n) is 14.5. The molecular weight excluding hydrogens is 310 g/mol. The first-order chi connectivity index (χ1) is 12.3. The molecule has 2 amide bonds. The monoisotopic (exact) mass is 335 g/mol. The molecule has 130 valence electrons. The molecule has 0 saturated carbocycles.